The first-order valence-electron chi connectivity index (χ1n) is 4.73. The second-order valence-electron chi connectivity index (χ2n) is 3.47. The van der Waals surface area contributed by atoms with Gasteiger partial charge in [0.2, 0.25) is 0 Å². The van der Waals surface area contributed by atoms with Crippen molar-refractivity contribution < 1.29 is 0 Å². The molecule has 0 aliphatic carbocycles. The maximum Gasteiger partial charge on any atom is 0.185 e. The van der Waals surface area contributed by atoms with E-state index in [1.807, 2.05) is 6.07 Å². The second kappa shape index (κ2) is 4.32. The molecular formula is C12H9Cl2NO. The topological polar surface area (TPSA) is 32.9 Å². The molecule has 0 radical (unpaired) electrons. The molecule has 0 aliphatic heterocycles. The number of nitrogens with one attached hydrogen (secondary N) is 1. The van der Waals surface area contributed by atoms with Gasteiger partial charge < -0.3 is 4.98 Å². The highest BCUT2D eigenvalue weighted by molar-refractivity contribution is 6.42. The van der Waals surface area contributed by atoms with E-state index in [4.69, 9.17) is 23.2 Å². The van der Waals surface area contributed by atoms with Crippen LogP contribution in [0.3, 0.4) is 0 Å². The predicted octanol–water partition coefficient (Wildman–Crippen LogP) is 3.66. The minimum atomic E-state index is -0.000164. The van der Waals surface area contributed by atoms with Crippen molar-refractivity contribution in [1.82, 2.24) is 4.98 Å². The van der Waals surface area contributed by atoms with Crippen LogP contribution in [0.4, 0.5) is 0 Å². The molecule has 0 atom stereocenters. The lowest BCUT2D eigenvalue weighted by Crippen LogP contribution is -2.05. The van der Waals surface area contributed by atoms with Gasteiger partial charge in [0, 0.05) is 17.8 Å². The molecule has 0 bridgehead atoms. The molecule has 0 spiro atoms. The second-order valence-corrected chi connectivity index (χ2v) is 4.29. The summed E-state index contributed by atoms with van der Waals surface area (Å²) in [6.07, 6.45) is 1.62. The van der Waals surface area contributed by atoms with Crippen molar-refractivity contribution in [3.63, 3.8) is 0 Å². The number of H-pyrrole nitrogens is 1. The van der Waals surface area contributed by atoms with Crippen molar-refractivity contribution in [2.75, 3.05) is 0 Å². The fraction of sp³-hybridized carbons (Fsp3) is 0.0833. The molecule has 0 saturated heterocycles. The van der Waals surface area contributed by atoms with Crippen LogP contribution in [0.1, 0.15) is 5.56 Å². The smallest absolute Gasteiger partial charge is 0.185 e. The van der Waals surface area contributed by atoms with Crippen LogP contribution in [0, 0.1) is 6.92 Å². The van der Waals surface area contributed by atoms with Gasteiger partial charge in [0.15, 0.2) is 5.43 Å². The number of hydrogen-bond acceptors (Lipinski definition) is 1. The fourth-order valence-corrected chi connectivity index (χ4v) is 1.81. The number of hydrogen-bond donors (Lipinski definition) is 1. The van der Waals surface area contributed by atoms with Crippen molar-refractivity contribution in [2.45, 2.75) is 6.92 Å². The maximum atomic E-state index is 11.5. The van der Waals surface area contributed by atoms with E-state index in [9.17, 15) is 4.79 Å². The van der Waals surface area contributed by atoms with Crippen LogP contribution in [-0.4, -0.2) is 4.98 Å². The molecule has 0 aliphatic rings. The summed E-state index contributed by atoms with van der Waals surface area (Å²) in [4.78, 5) is 14.5. The number of rotatable bonds is 1. The molecule has 1 heterocycles. The lowest BCUT2D eigenvalue weighted by atomic mass is 10.1. The van der Waals surface area contributed by atoms with Gasteiger partial charge in [-0.3, -0.25) is 4.79 Å². The molecule has 2 rings (SSSR count). The number of aromatic nitrogens is 1. The van der Waals surface area contributed by atoms with Crippen molar-refractivity contribution in [3.05, 3.63) is 56.3 Å². The Kier molecular flexibility index (Phi) is 3.03. The highest BCUT2D eigenvalue weighted by atomic mass is 35.5. The van der Waals surface area contributed by atoms with Crippen LogP contribution in [0.5, 0.6) is 0 Å². The molecule has 0 saturated carbocycles. The fourth-order valence-electron chi connectivity index (χ4n) is 1.51. The first kappa shape index (κ1) is 11.2. The van der Waals surface area contributed by atoms with Crippen LogP contribution >= 0.6 is 23.2 Å². The lowest BCUT2D eigenvalue weighted by molar-refractivity contribution is 1.24. The molecular weight excluding hydrogens is 245 g/mol. The minimum absolute atomic E-state index is 0.000164. The van der Waals surface area contributed by atoms with Gasteiger partial charge in [-0.25, -0.2) is 0 Å². The molecule has 0 unspecified atom stereocenters. The Morgan fingerprint density at radius 3 is 2.56 bits per heavy atom. The molecule has 1 N–H and O–H groups in total. The molecule has 2 aromatic rings. The van der Waals surface area contributed by atoms with Gasteiger partial charge in [-0.2, -0.15) is 0 Å². The molecule has 0 fully saturated rings. The number of halogens is 2. The first-order valence-corrected chi connectivity index (χ1v) is 5.49. The quantitative estimate of drug-likeness (QED) is 0.827. The third-order valence-electron chi connectivity index (χ3n) is 2.42. The van der Waals surface area contributed by atoms with Crippen LogP contribution in [0.2, 0.25) is 10.0 Å². The van der Waals surface area contributed by atoms with Crippen molar-refractivity contribution >= 4 is 23.2 Å². The summed E-state index contributed by atoms with van der Waals surface area (Å²) in [5.41, 5.74) is 2.29. The Labute approximate surface area is 103 Å². The van der Waals surface area contributed by atoms with Gasteiger partial charge in [0.1, 0.15) is 0 Å². The molecule has 16 heavy (non-hydrogen) atoms. The average molecular weight is 254 g/mol. The van der Waals surface area contributed by atoms with E-state index in [0.717, 1.165) is 11.3 Å². The van der Waals surface area contributed by atoms with Gasteiger partial charge in [-0.15, -0.1) is 0 Å². The summed E-state index contributed by atoms with van der Waals surface area (Å²) in [7, 11) is 0. The minimum Gasteiger partial charge on any atom is -0.361 e. The Hall–Kier alpha value is -1.25. The van der Waals surface area contributed by atoms with E-state index < -0.39 is 0 Å². The zero-order valence-corrected chi connectivity index (χ0v) is 10.1. The van der Waals surface area contributed by atoms with Gasteiger partial charge in [-0.05, 0) is 24.6 Å². The van der Waals surface area contributed by atoms with Crippen LogP contribution in [0.15, 0.2) is 35.3 Å². The number of aromatic amines is 1. The van der Waals surface area contributed by atoms with Gasteiger partial charge in [0.25, 0.3) is 0 Å². The number of benzene rings is 1. The number of pyridine rings is 1. The maximum absolute atomic E-state index is 11.5. The van der Waals surface area contributed by atoms with Crippen LogP contribution in [0.25, 0.3) is 11.3 Å². The normalized spacial score (nSPS) is 10.4. The first-order chi connectivity index (χ1) is 7.59. The van der Waals surface area contributed by atoms with Crippen molar-refractivity contribution in [1.29, 1.82) is 0 Å². The average Bonchev–Trinajstić information content (AvgIpc) is 2.26. The summed E-state index contributed by atoms with van der Waals surface area (Å²) in [5, 5.41) is 0.976. The third-order valence-corrected chi connectivity index (χ3v) is 3.15. The zero-order valence-electron chi connectivity index (χ0n) is 8.55. The SMILES string of the molecule is Cc1c(-c2ccc(Cl)c(Cl)c2)[nH]ccc1=O. The molecule has 0 amide bonds. The highest BCUT2D eigenvalue weighted by Crippen LogP contribution is 2.28. The Morgan fingerprint density at radius 2 is 1.88 bits per heavy atom. The summed E-state index contributed by atoms with van der Waals surface area (Å²) in [5.74, 6) is 0. The van der Waals surface area contributed by atoms with Gasteiger partial charge in [-0.1, -0.05) is 29.3 Å². The van der Waals surface area contributed by atoms with Crippen molar-refractivity contribution in [2.24, 2.45) is 0 Å². The largest absolute Gasteiger partial charge is 0.361 e. The third kappa shape index (κ3) is 1.99. The van der Waals surface area contributed by atoms with Crippen LogP contribution in [-0.2, 0) is 0 Å². The summed E-state index contributed by atoms with van der Waals surface area (Å²) in [6.45, 7) is 1.77. The van der Waals surface area contributed by atoms with E-state index in [-0.39, 0.29) is 5.43 Å². The molecule has 2 nitrogen and oxygen atoms in total. The summed E-state index contributed by atoms with van der Waals surface area (Å²) in [6, 6.07) is 6.77. The highest BCUT2D eigenvalue weighted by Gasteiger charge is 2.06. The van der Waals surface area contributed by atoms with E-state index in [0.29, 0.717) is 15.6 Å². The molecule has 1 aromatic carbocycles. The van der Waals surface area contributed by atoms with E-state index >= 15 is 0 Å². The lowest BCUT2D eigenvalue weighted by Gasteiger charge is -2.06. The Balaban J connectivity index is 2.63. The Morgan fingerprint density at radius 1 is 1.12 bits per heavy atom. The monoisotopic (exact) mass is 253 g/mol. The predicted molar refractivity (Wildman–Crippen MR) is 67.3 cm³/mol. The van der Waals surface area contributed by atoms with Crippen molar-refractivity contribution in [3.8, 4) is 11.3 Å². The van der Waals surface area contributed by atoms with Gasteiger partial charge in [0.05, 0.1) is 15.7 Å². The van der Waals surface area contributed by atoms with E-state index in [1.54, 1.807) is 25.3 Å². The molecule has 4 heteroatoms. The van der Waals surface area contributed by atoms with Crippen LogP contribution < -0.4 is 5.43 Å². The standard InChI is InChI=1S/C12H9Cl2NO/c1-7-11(16)4-5-15-12(7)8-2-3-9(13)10(14)6-8/h2-6H,1H3,(H,15,16). The zero-order chi connectivity index (χ0) is 11.7. The summed E-state index contributed by atoms with van der Waals surface area (Å²) < 4.78 is 0. The Bertz CT molecular complexity index is 590. The van der Waals surface area contributed by atoms with Gasteiger partial charge >= 0.3 is 0 Å². The molecule has 82 valence electrons. The van der Waals surface area contributed by atoms with E-state index in [1.165, 1.54) is 6.07 Å². The van der Waals surface area contributed by atoms with E-state index in [2.05, 4.69) is 4.98 Å². The molecule has 1 aromatic heterocycles. The summed E-state index contributed by atoms with van der Waals surface area (Å²) >= 11 is 11.8.